The zero-order valence-corrected chi connectivity index (χ0v) is 11.4. The largest absolute Gasteiger partial charge is 0.469 e. The fourth-order valence-electron chi connectivity index (χ4n) is 2.52. The number of rotatable bonds is 3. The Morgan fingerprint density at radius 1 is 1.16 bits per heavy atom. The van der Waals surface area contributed by atoms with E-state index in [9.17, 15) is 0 Å². The lowest BCUT2D eigenvalue weighted by atomic mass is 10.1. The van der Waals surface area contributed by atoms with Gasteiger partial charge in [0.25, 0.3) is 0 Å². The third-order valence-corrected chi connectivity index (χ3v) is 3.54. The SMILES string of the molecule is CNC(c1cc2cccc(C)c2o1)c1ccoc1C. The van der Waals surface area contributed by atoms with Gasteiger partial charge in [0.05, 0.1) is 12.3 Å². The number of furan rings is 2. The van der Waals surface area contributed by atoms with Gasteiger partial charge in [-0.05, 0) is 38.6 Å². The van der Waals surface area contributed by atoms with Crippen molar-refractivity contribution >= 4 is 11.0 Å². The molecule has 2 heterocycles. The molecule has 2 aromatic heterocycles. The van der Waals surface area contributed by atoms with Crippen molar-refractivity contribution < 1.29 is 8.83 Å². The van der Waals surface area contributed by atoms with Crippen molar-refractivity contribution in [3.8, 4) is 0 Å². The Hall–Kier alpha value is -2.00. The van der Waals surface area contributed by atoms with Crippen molar-refractivity contribution in [1.82, 2.24) is 5.32 Å². The molecule has 0 aliphatic carbocycles. The van der Waals surface area contributed by atoms with Gasteiger partial charge in [0, 0.05) is 10.9 Å². The third-order valence-electron chi connectivity index (χ3n) is 3.54. The van der Waals surface area contributed by atoms with Gasteiger partial charge in [-0.3, -0.25) is 0 Å². The van der Waals surface area contributed by atoms with E-state index >= 15 is 0 Å². The fraction of sp³-hybridized carbons (Fsp3) is 0.250. The number of benzene rings is 1. The first-order valence-corrected chi connectivity index (χ1v) is 6.41. The van der Waals surface area contributed by atoms with Gasteiger partial charge in [-0.25, -0.2) is 0 Å². The summed E-state index contributed by atoms with van der Waals surface area (Å²) >= 11 is 0. The molecule has 0 radical (unpaired) electrons. The van der Waals surface area contributed by atoms with Crippen LogP contribution >= 0.6 is 0 Å². The second-order valence-corrected chi connectivity index (χ2v) is 4.80. The zero-order chi connectivity index (χ0) is 13.4. The molecule has 3 aromatic rings. The van der Waals surface area contributed by atoms with Crippen LogP contribution in [0.2, 0.25) is 0 Å². The molecule has 1 unspecified atom stereocenters. The van der Waals surface area contributed by atoms with Crippen LogP contribution in [0.1, 0.15) is 28.7 Å². The molecular weight excluding hydrogens is 238 g/mol. The summed E-state index contributed by atoms with van der Waals surface area (Å²) in [5.41, 5.74) is 3.22. The first-order valence-electron chi connectivity index (χ1n) is 6.41. The van der Waals surface area contributed by atoms with Gasteiger partial charge in [0.1, 0.15) is 17.1 Å². The molecule has 98 valence electrons. The lowest BCUT2D eigenvalue weighted by Gasteiger charge is -2.12. The van der Waals surface area contributed by atoms with Crippen molar-refractivity contribution in [1.29, 1.82) is 0 Å². The average Bonchev–Trinajstić information content (AvgIpc) is 2.99. The Kier molecular flexibility index (Phi) is 2.91. The number of nitrogens with one attached hydrogen (secondary N) is 1. The monoisotopic (exact) mass is 255 g/mol. The van der Waals surface area contributed by atoms with Gasteiger partial charge < -0.3 is 14.2 Å². The van der Waals surface area contributed by atoms with Gasteiger partial charge in [0.15, 0.2) is 0 Å². The molecule has 1 N–H and O–H groups in total. The minimum Gasteiger partial charge on any atom is -0.469 e. The highest BCUT2D eigenvalue weighted by Gasteiger charge is 2.20. The fourth-order valence-corrected chi connectivity index (χ4v) is 2.52. The third kappa shape index (κ3) is 1.96. The van der Waals surface area contributed by atoms with Crippen LogP contribution in [0, 0.1) is 13.8 Å². The molecule has 3 heteroatoms. The summed E-state index contributed by atoms with van der Waals surface area (Å²) < 4.78 is 11.4. The van der Waals surface area contributed by atoms with Crippen molar-refractivity contribution in [2.45, 2.75) is 19.9 Å². The van der Waals surface area contributed by atoms with Crippen LogP contribution in [0.25, 0.3) is 11.0 Å². The van der Waals surface area contributed by atoms with Gasteiger partial charge in [-0.15, -0.1) is 0 Å². The van der Waals surface area contributed by atoms with Crippen LogP contribution in [0.5, 0.6) is 0 Å². The van der Waals surface area contributed by atoms with Crippen molar-refractivity contribution in [3.05, 3.63) is 59.2 Å². The second kappa shape index (κ2) is 4.59. The summed E-state index contributed by atoms with van der Waals surface area (Å²) in [7, 11) is 1.93. The van der Waals surface area contributed by atoms with Crippen LogP contribution in [0.4, 0.5) is 0 Å². The zero-order valence-electron chi connectivity index (χ0n) is 11.4. The molecule has 0 fully saturated rings. The predicted octanol–water partition coefficient (Wildman–Crippen LogP) is 3.95. The summed E-state index contributed by atoms with van der Waals surface area (Å²) in [4.78, 5) is 0. The van der Waals surface area contributed by atoms with Crippen molar-refractivity contribution in [2.75, 3.05) is 7.05 Å². The van der Waals surface area contributed by atoms with Crippen molar-refractivity contribution in [3.63, 3.8) is 0 Å². The highest BCUT2D eigenvalue weighted by molar-refractivity contribution is 5.81. The van der Waals surface area contributed by atoms with E-state index in [2.05, 4.69) is 36.5 Å². The summed E-state index contributed by atoms with van der Waals surface area (Å²) in [6.07, 6.45) is 1.71. The number of hydrogen-bond donors (Lipinski definition) is 1. The molecule has 0 saturated carbocycles. The highest BCUT2D eigenvalue weighted by atomic mass is 16.3. The molecule has 3 rings (SSSR count). The minimum absolute atomic E-state index is 0.0190. The number of aryl methyl sites for hydroxylation is 2. The molecule has 0 saturated heterocycles. The lowest BCUT2D eigenvalue weighted by Crippen LogP contribution is -2.17. The number of hydrogen-bond acceptors (Lipinski definition) is 3. The average molecular weight is 255 g/mol. The molecule has 0 aliphatic rings. The van der Waals surface area contributed by atoms with E-state index in [4.69, 9.17) is 8.83 Å². The highest BCUT2D eigenvalue weighted by Crippen LogP contribution is 2.31. The van der Waals surface area contributed by atoms with Crippen LogP contribution < -0.4 is 5.32 Å². The van der Waals surface area contributed by atoms with Gasteiger partial charge >= 0.3 is 0 Å². The number of para-hydroxylation sites is 1. The Morgan fingerprint density at radius 2 is 2.00 bits per heavy atom. The standard InChI is InChI=1S/C16H17NO2/c1-10-5-4-6-12-9-14(19-16(10)12)15(17-3)13-7-8-18-11(13)2/h4-9,15,17H,1-3H3. The molecule has 3 nitrogen and oxygen atoms in total. The van der Waals surface area contributed by atoms with Crippen LogP contribution in [0.15, 0.2) is 45.4 Å². The molecule has 0 spiro atoms. The molecule has 19 heavy (non-hydrogen) atoms. The maximum Gasteiger partial charge on any atom is 0.137 e. The Morgan fingerprint density at radius 3 is 2.63 bits per heavy atom. The molecular formula is C16H17NO2. The van der Waals surface area contributed by atoms with E-state index in [1.165, 1.54) is 0 Å². The molecule has 0 amide bonds. The predicted molar refractivity (Wildman–Crippen MR) is 75.3 cm³/mol. The topological polar surface area (TPSA) is 38.3 Å². The van der Waals surface area contributed by atoms with E-state index in [1.807, 2.05) is 20.0 Å². The molecule has 1 atom stereocenters. The molecule has 0 aliphatic heterocycles. The molecule has 0 bridgehead atoms. The van der Waals surface area contributed by atoms with E-state index in [0.29, 0.717) is 0 Å². The summed E-state index contributed by atoms with van der Waals surface area (Å²) in [6, 6.07) is 10.3. The van der Waals surface area contributed by atoms with E-state index < -0.39 is 0 Å². The minimum atomic E-state index is 0.0190. The van der Waals surface area contributed by atoms with E-state index in [-0.39, 0.29) is 6.04 Å². The Labute approximate surface area is 112 Å². The van der Waals surface area contributed by atoms with E-state index in [1.54, 1.807) is 6.26 Å². The number of fused-ring (bicyclic) bond motifs is 1. The normalized spacial score (nSPS) is 13.0. The quantitative estimate of drug-likeness (QED) is 0.770. The van der Waals surface area contributed by atoms with Gasteiger partial charge in [0.2, 0.25) is 0 Å². The van der Waals surface area contributed by atoms with Crippen LogP contribution in [-0.4, -0.2) is 7.05 Å². The first kappa shape index (κ1) is 12.1. The smallest absolute Gasteiger partial charge is 0.137 e. The summed E-state index contributed by atoms with van der Waals surface area (Å²) in [5, 5.41) is 4.42. The van der Waals surface area contributed by atoms with Gasteiger partial charge in [-0.1, -0.05) is 18.2 Å². The van der Waals surface area contributed by atoms with Crippen LogP contribution in [-0.2, 0) is 0 Å². The first-order chi connectivity index (χ1) is 9.20. The van der Waals surface area contributed by atoms with Crippen molar-refractivity contribution in [2.24, 2.45) is 0 Å². The Bertz CT molecular complexity index is 708. The van der Waals surface area contributed by atoms with E-state index in [0.717, 1.165) is 33.6 Å². The second-order valence-electron chi connectivity index (χ2n) is 4.80. The summed E-state index contributed by atoms with van der Waals surface area (Å²) in [6.45, 7) is 4.03. The maximum atomic E-state index is 6.03. The van der Waals surface area contributed by atoms with Gasteiger partial charge in [-0.2, -0.15) is 0 Å². The molecule has 1 aromatic carbocycles. The summed E-state index contributed by atoms with van der Waals surface area (Å²) in [5.74, 6) is 1.83. The Balaban J connectivity index is 2.12. The maximum absolute atomic E-state index is 6.03. The van der Waals surface area contributed by atoms with Crippen LogP contribution in [0.3, 0.4) is 0 Å². The lowest BCUT2D eigenvalue weighted by molar-refractivity contribution is 0.477.